The Labute approximate surface area is 127 Å². The van der Waals surface area contributed by atoms with Crippen LogP contribution in [0.3, 0.4) is 0 Å². The van der Waals surface area contributed by atoms with Crippen molar-refractivity contribution in [2.24, 2.45) is 16.9 Å². The summed E-state index contributed by atoms with van der Waals surface area (Å²) >= 11 is 0. The molecule has 0 aromatic heterocycles. The number of benzene rings is 1. The van der Waals surface area contributed by atoms with Crippen molar-refractivity contribution in [3.8, 4) is 0 Å². The number of nitrogen functional groups attached to an aromatic ring is 1. The van der Waals surface area contributed by atoms with E-state index in [1.165, 1.54) is 0 Å². The molecule has 5 N–H and O–H groups in total. The molecule has 0 bridgehead atoms. The molecule has 0 aliphatic heterocycles. The smallest absolute Gasteiger partial charge is 0.155 e. The molecule has 1 aromatic carbocycles. The number of hydrogen-bond acceptors (Lipinski definition) is 3. The van der Waals surface area contributed by atoms with Crippen molar-refractivity contribution in [2.75, 3.05) is 0 Å². The number of rotatable bonds is 8. The molecular weight excluding hydrogens is 262 g/mol. The number of amidine groups is 1. The van der Waals surface area contributed by atoms with E-state index in [0.717, 1.165) is 24.8 Å². The summed E-state index contributed by atoms with van der Waals surface area (Å²) in [5, 5.41) is 7.37. The second kappa shape index (κ2) is 7.36. The molecule has 21 heavy (non-hydrogen) atoms. The minimum atomic E-state index is -0.482. The first kappa shape index (κ1) is 17.4. The second-order valence-electron chi connectivity index (χ2n) is 5.95. The van der Waals surface area contributed by atoms with Crippen LogP contribution < -0.4 is 11.5 Å². The average molecular weight is 289 g/mol. The van der Waals surface area contributed by atoms with E-state index in [4.69, 9.17) is 16.9 Å². The van der Waals surface area contributed by atoms with Gasteiger partial charge in [0.15, 0.2) is 5.78 Å². The van der Waals surface area contributed by atoms with Crippen molar-refractivity contribution in [3.05, 3.63) is 35.4 Å². The molecule has 0 amide bonds. The monoisotopic (exact) mass is 289 g/mol. The standard InChI is InChI=1S/C17H27N3O/c1-4-10-17(3,5-2)15(21)14(18)11-12-6-8-13(9-7-12)16(19)20/h6-9,14H,4-5,10-11,18H2,1-3H3,(H3,19,20). The summed E-state index contributed by atoms with van der Waals surface area (Å²) < 4.78 is 0. The number of ketones is 1. The molecule has 2 atom stereocenters. The Bertz CT molecular complexity index is 495. The first-order valence-electron chi connectivity index (χ1n) is 7.57. The minimum Gasteiger partial charge on any atom is -0.384 e. The fourth-order valence-electron chi connectivity index (χ4n) is 2.64. The average Bonchev–Trinajstić information content (AvgIpc) is 2.47. The highest BCUT2D eigenvalue weighted by molar-refractivity contribution is 5.95. The predicted molar refractivity (Wildman–Crippen MR) is 87.5 cm³/mol. The number of nitrogens with one attached hydrogen (secondary N) is 1. The van der Waals surface area contributed by atoms with Gasteiger partial charge in [-0.1, -0.05) is 51.5 Å². The van der Waals surface area contributed by atoms with E-state index in [1.54, 1.807) is 12.1 Å². The molecule has 0 saturated heterocycles. The normalized spacial score (nSPS) is 15.2. The Morgan fingerprint density at radius 1 is 1.29 bits per heavy atom. The Kier molecular flexibility index (Phi) is 6.09. The van der Waals surface area contributed by atoms with Gasteiger partial charge in [0.2, 0.25) is 0 Å². The Hall–Kier alpha value is -1.68. The van der Waals surface area contributed by atoms with Gasteiger partial charge in [-0.05, 0) is 24.8 Å². The van der Waals surface area contributed by atoms with Gasteiger partial charge in [0, 0.05) is 11.0 Å². The molecule has 0 heterocycles. The van der Waals surface area contributed by atoms with Gasteiger partial charge in [0.05, 0.1) is 6.04 Å². The molecule has 0 radical (unpaired) electrons. The highest BCUT2D eigenvalue weighted by Crippen LogP contribution is 2.30. The fourth-order valence-corrected chi connectivity index (χ4v) is 2.64. The summed E-state index contributed by atoms with van der Waals surface area (Å²) in [6.45, 7) is 6.15. The van der Waals surface area contributed by atoms with Crippen molar-refractivity contribution >= 4 is 11.6 Å². The van der Waals surface area contributed by atoms with Gasteiger partial charge in [0.25, 0.3) is 0 Å². The predicted octanol–water partition coefficient (Wildman–Crippen LogP) is 2.63. The van der Waals surface area contributed by atoms with Gasteiger partial charge >= 0.3 is 0 Å². The third kappa shape index (κ3) is 4.39. The van der Waals surface area contributed by atoms with Gasteiger partial charge in [0.1, 0.15) is 5.84 Å². The fraction of sp³-hybridized carbons (Fsp3) is 0.529. The van der Waals surface area contributed by atoms with Gasteiger partial charge in [-0.3, -0.25) is 10.2 Å². The Morgan fingerprint density at radius 2 is 1.86 bits per heavy atom. The van der Waals surface area contributed by atoms with E-state index >= 15 is 0 Å². The summed E-state index contributed by atoms with van der Waals surface area (Å²) in [6, 6.07) is 6.87. The summed E-state index contributed by atoms with van der Waals surface area (Å²) in [4.78, 5) is 12.6. The second-order valence-corrected chi connectivity index (χ2v) is 5.95. The lowest BCUT2D eigenvalue weighted by molar-refractivity contribution is -0.129. The van der Waals surface area contributed by atoms with Gasteiger partial charge < -0.3 is 11.5 Å². The van der Waals surface area contributed by atoms with Gasteiger partial charge in [-0.2, -0.15) is 0 Å². The number of Topliss-reactive ketones (excluding diaryl/α,β-unsaturated/α-hetero) is 1. The Balaban J connectivity index is 2.77. The molecule has 0 fully saturated rings. The summed E-state index contributed by atoms with van der Waals surface area (Å²) in [5.41, 5.74) is 12.9. The van der Waals surface area contributed by atoms with E-state index in [2.05, 4.69) is 6.92 Å². The van der Waals surface area contributed by atoms with Crippen LogP contribution in [0, 0.1) is 10.8 Å². The SMILES string of the molecule is CCCC(C)(CC)C(=O)C(N)Cc1ccc(C(=N)N)cc1. The third-order valence-electron chi connectivity index (χ3n) is 4.23. The Morgan fingerprint density at radius 3 is 2.29 bits per heavy atom. The molecular formula is C17H27N3O. The lowest BCUT2D eigenvalue weighted by Crippen LogP contribution is -2.43. The zero-order valence-corrected chi connectivity index (χ0v) is 13.3. The van der Waals surface area contributed by atoms with E-state index in [-0.39, 0.29) is 17.0 Å². The maximum absolute atomic E-state index is 12.6. The quantitative estimate of drug-likeness (QED) is 0.507. The molecule has 4 nitrogen and oxygen atoms in total. The molecule has 0 spiro atoms. The van der Waals surface area contributed by atoms with Crippen LogP contribution in [-0.2, 0) is 11.2 Å². The largest absolute Gasteiger partial charge is 0.384 e. The molecule has 1 rings (SSSR count). The molecule has 0 saturated carbocycles. The number of nitrogens with two attached hydrogens (primary N) is 2. The van der Waals surface area contributed by atoms with Crippen LogP contribution in [0.4, 0.5) is 0 Å². The van der Waals surface area contributed by atoms with Crippen LogP contribution in [0.2, 0.25) is 0 Å². The van der Waals surface area contributed by atoms with Crippen molar-refractivity contribution in [3.63, 3.8) is 0 Å². The van der Waals surface area contributed by atoms with Crippen molar-refractivity contribution in [1.29, 1.82) is 5.41 Å². The summed E-state index contributed by atoms with van der Waals surface area (Å²) in [6.07, 6.45) is 3.20. The lowest BCUT2D eigenvalue weighted by atomic mass is 9.75. The van der Waals surface area contributed by atoms with Crippen LogP contribution in [0.25, 0.3) is 0 Å². The third-order valence-corrected chi connectivity index (χ3v) is 4.23. The molecule has 116 valence electrons. The zero-order chi connectivity index (χ0) is 16.0. The zero-order valence-electron chi connectivity index (χ0n) is 13.3. The van der Waals surface area contributed by atoms with E-state index in [0.29, 0.717) is 12.0 Å². The van der Waals surface area contributed by atoms with Crippen molar-refractivity contribution in [1.82, 2.24) is 0 Å². The number of carbonyl (C=O) groups is 1. The van der Waals surface area contributed by atoms with Crippen LogP contribution in [-0.4, -0.2) is 17.7 Å². The van der Waals surface area contributed by atoms with Crippen LogP contribution in [0.1, 0.15) is 51.2 Å². The summed E-state index contributed by atoms with van der Waals surface area (Å²) in [5.74, 6) is 0.186. The molecule has 1 aromatic rings. The molecule has 0 aliphatic rings. The first-order chi connectivity index (χ1) is 9.84. The molecule has 2 unspecified atom stereocenters. The van der Waals surface area contributed by atoms with Crippen LogP contribution in [0.15, 0.2) is 24.3 Å². The van der Waals surface area contributed by atoms with Crippen molar-refractivity contribution in [2.45, 2.75) is 52.5 Å². The molecule has 4 heteroatoms. The van der Waals surface area contributed by atoms with Crippen molar-refractivity contribution < 1.29 is 4.79 Å². The van der Waals surface area contributed by atoms with E-state index in [9.17, 15) is 4.79 Å². The van der Waals surface area contributed by atoms with Crippen LogP contribution >= 0.6 is 0 Å². The maximum atomic E-state index is 12.6. The topological polar surface area (TPSA) is 93.0 Å². The highest BCUT2D eigenvalue weighted by Gasteiger charge is 2.33. The minimum absolute atomic E-state index is 0.0448. The van der Waals surface area contributed by atoms with Gasteiger partial charge in [-0.15, -0.1) is 0 Å². The van der Waals surface area contributed by atoms with Crippen LogP contribution in [0.5, 0.6) is 0 Å². The van der Waals surface area contributed by atoms with E-state index in [1.807, 2.05) is 26.0 Å². The first-order valence-corrected chi connectivity index (χ1v) is 7.57. The van der Waals surface area contributed by atoms with E-state index < -0.39 is 6.04 Å². The molecule has 0 aliphatic carbocycles. The summed E-state index contributed by atoms with van der Waals surface area (Å²) in [7, 11) is 0. The maximum Gasteiger partial charge on any atom is 0.155 e. The number of hydrogen-bond donors (Lipinski definition) is 3. The van der Waals surface area contributed by atoms with Gasteiger partial charge in [-0.25, -0.2) is 0 Å². The highest BCUT2D eigenvalue weighted by atomic mass is 16.1. The lowest BCUT2D eigenvalue weighted by Gasteiger charge is -2.29. The number of carbonyl (C=O) groups excluding carboxylic acids is 1.